The highest BCUT2D eigenvalue weighted by Crippen LogP contribution is 2.24. The molecule has 2 amide bonds. The van der Waals surface area contributed by atoms with Gasteiger partial charge >= 0.3 is 11.9 Å². The van der Waals surface area contributed by atoms with Crippen molar-refractivity contribution in [2.24, 2.45) is 10.2 Å². The van der Waals surface area contributed by atoms with Gasteiger partial charge in [-0.25, -0.2) is 20.4 Å². The standard InChI is InChI=1S/C33H24Br2Cl2N4O6/c34-24-8-14-28(46-32(44)20-4-10-26(36)11-5-20)22(16-24)18-38-40-30(42)2-1-3-31(43)41-39-19-23-17-25(35)9-15-29(23)47-33(45)21-6-12-27(37)13-7-21/h4-19H,1-3H2,(H,40,42)(H,41,43)/b38-18-,39-19-. The summed E-state index contributed by atoms with van der Waals surface area (Å²) in [6.45, 7) is 0. The monoisotopic (exact) mass is 800 g/mol. The van der Waals surface area contributed by atoms with E-state index in [1.807, 2.05) is 0 Å². The Balaban J connectivity index is 1.23. The molecule has 0 atom stereocenters. The van der Waals surface area contributed by atoms with Gasteiger partial charge in [0, 0.05) is 43.0 Å². The van der Waals surface area contributed by atoms with Crippen LogP contribution in [0.3, 0.4) is 0 Å². The maximum Gasteiger partial charge on any atom is 0.343 e. The molecule has 4 aromatic rings. The third-order valence-corrected chi connectivity index (χ3v) is 7.59. The number of hydrogen-bond acceptors (Lipinski definition) is 8. The van der Waals surface area contributed by atoms with Crippen LogP contribution in [0.5, 0.6) is 11.5 Å². The minimum absolute atomic E-state index is 0.0157. The maximum absolute atomic E-state index is 12.5. The molecular formula is C33H24Br2Cl2N4O6. The van der Waals surface area contributed by atoms with Crippen molar-refractivity contribution < 1.29 is 28.7 Å². The Hall–Kier alpha value is -4.36. The lowest BCUT2D eigenvalue weighted by molar-refractivity contribution is -0.122. The third-order valence-electron chi connectivity index (χ3n) is 6.10. The molecule has 14 heteroatoms. The average Bonchev–Trinajstić information content (AvgIpc) is 3.04. The molecule has 0 saturated carbocycles. The van der Waals surface area contributed by atoms with Gasteiger partial charge in [0.05, 0.1) is 23.6 Å². The van der Waals surface area contributed by atoms with Crippen molar-refractivity contribution in [1.29, 1.82) is 0 Å². The van der Waals surface area contributed by atoms with E-state index in [0.29, 0.717) is 41.2 Å². The number of nitrogens with one attached hydrogen (secondary N) is 2. The van der Waals surface area contributed by atoms with E-state index in [0.717, 1.165) is 0 Å². The van der Waals surface area contributed by atoms with Crippen molar-refractivity contribution in [3.63, 3.8) is 0 Å². The third kappa shape index (κ3) is 11.4. The van der Waals surface area contributed by atoms with Crippen molar-refractivity contribution in [3.8, 4) is 11.5 Å². The molecule has 0 unspecified atom stereocenters. The summed E-state index contributed by atoms with van der Waals surface area (Å²) in [7, 11) is 0. The summed E-state index contributed by atoms with van der Waals surface area (Å²) in [6.07, 6.45) is 2.95. The fraction of sp³-hybridized carbons (Fsp3) is 0.0909. The molecule has 0 radical (unpaired) electrons. The molecule has 0 aliphatic heterocycles. The van der Waals surface area contributed by atoms with Crippen LogP contribution >= 0.6 is 55.1 Å². The minimum Gasteiger partial charge on any atom is -0.422 e. The smallest absolute Gasteiger partial charge is 0.343 e. The first kappa shape index (κ1) is 35.5. The van der Waals surface area contributed by atoms with Crippen LogP contribution in [0.4, 0.5) is 0 Å². The van der Waals surface area contributed by atoms with Crippen molar-refractivity contribution in [3.05, 3.63) is 126 Å². The number of hydrazone groups is 2. The molecule has 0 heterocycles. The molecule has 0 fully saturated rings. The number of amides is 2. The van der Waals surface area contributed by atoms with E-state index in [4.69, 9.17) is 32.7 Å². The lowest BCUT2D eigenvalue weighted by Gasteiger charge is -2.08. The second-order valence-corrected chi connectivity index (χ2v) is 12.3. The van der Waals surface area contributed by atoms with Gasteiger partial charge in [-0.15, -0.1) is 0 Å². The second-order valence-electron chi connectivity index (χ2n) is 9.60. The number of esters is 2. The molecule has 47 heavy (non-hydrogen) atoms. The van der Waals surface area contributed by atoms with Crippen LogP contribution in [-0.2, 0) is 9.59 Å². The molecule has 0 aliphatic carbocycles. The lowest BCUT2D eigenvalue weighted by atomic mass is 10.2. The molecule has 4 rings (SSSR count). The first-order valence-electron chi connectivity index (χ1n) is 13.8. The van der Waals surface area contributed by atoms with Gasteiger partial charge in [-0.1, -0.05) is 55.1 Å². The fourth-order valence-electron chi connectivity index (χ4n) is 3.78. The number of benzene rings is 4. The van der Waals surface area contributed by atoms with Crippen LogP contribution in [0.1, 0.15) is 51.1 Å². The summed E-state index contributed by atoms with van der Waals surface area (Å²) < 4.78 is 12.4. The first-order chi connectivity index (χ1) is 22.6. The molecule has 2 N–H and O–H groups in total. The van der Waals surface area contributed by atoms with E-state index >= 15 is 0 Å². The fourth-order valence-corrected chi connectivity index (χ4v) is 4.79. The molecule has 0 aromatic heterocycles. The Morgan fingerprint density at radius 1 is 0.617 bits per heavy atom. The molecule has 0 bridgehead atoms. The normalized spacial score (nSPS) is 11.0. The van der Waals surface area contributed by atoms with Crippen LogP contribution in [0.2, 0.25) is 10.0 Å². The number of halogens is 4. The summed E-state index contributed by atoms with van der Waals surface area (Å²) >= 11 is 18.5. The van der Waals surface area contributed by atoms with E-state index in [1.165, 1.54) is 12.4 Å². The predicted octanol–water partition coefficient (Wildman–Crippen LogP) is 7.73. The van der Waals surface area contributed by atoms with Gasteiger partial charge in [-0.05, 0) is 91.3 Å². The number of ether oxygens (including phenoxy) is 2. The van der Waals surface area contributed by atoms with E-state index in [9.17, 15) is 19.2 Å². The first-order valence-corrected chi connectivity index (χ1v) is 16.1. The Labute approximate surface area is 296 Å². The molecule has 240 valence electrons. The lowest BCUT2D eigenvalue weighted by Crippen LogP contribution is -2.20. The number of carbonyl (C=O) groups excluding carboxylic acids is 4. The number of nitrogens with zero attached hydrogens (tertiary/aromatic N) is 2. The summed E-state index contributed by atoms with van der Waals surface area (Å²) in [4.78, 5) is 49.6. The zero-order valence-corrected chi connectivity index (χ0v) is 28.9. The van der Waals surface area contributed by atoms with Crippen LogP contribution in [0.15, 0.2) is 104 Å². The summed E-state index contributed by atoms with van der Waals surface area (Å²) in [6, 6.07) is 22.4. The Kier molecular flexibility index (Phi) is 13.2. The maximum atomic E-state index is 12.5. The zero-order valence-electron chi connectivity index (χ0n) is 24.2. The van der Waals surface area contributed by atoms with Crippen LogP contribution in [0, 0.1) is 0 Å². The SMILES string of the molecule is O=C(CCCC(=O)N/N=C\c1cc(Br)ccc1OC(=O)c1ccc(Cl)cc1)N/N=C\c1cc(Br)ccc1OC(=O)c1ccc(Cl)cc1. The minimum atomic E-state index is -0.583. The summed E-state index contributed by atoms with van der Waals surface area (Å²) in [5, 5.41) is 8.88. The van der Waals surface area contributed by atoms with Crippen molar-refractivity contribution in [2.45, 2.75) is 19.3 Å². The quantitative estimate of drug-likeness (QED) is 0.0652. The van der Waals surface area contributed by atoms with E-state index in [1.54, 1.807) is 84.9 Å². The highest BCUT2D eigenvalue weighted by molar-refractivity contribution is 9.10. The van der Waals surface area contributed by atoms with E-state index in [2.05, 4.69) is 52.9 Å². The van der Waals surface area contributed by atoms with Gasteiger partial charge in [0.2, 0.25) is 11.8 Å². The highest BCUT2D eigenvalue weighted by atomic mass is 79.9. The highest BCUT2D eigenvalue weighted by Gasteiger charge is 2.13. The molecule has 0 spiro atoms. The Morgan fingerprint density at radius 2 is 1.00 bits per heavy atom. The van der Waals surface area contributed by atoms with Gasteiger partial charge in [-0.3, -0.25) is 9.59 Å². The zero-order chi connectivity index (χ0) is 33.8. The number of rotatable bonds is 12. The predicted molar refractivity (Wildman–Crippen MR) is 186 cm³/mol. The molecule has 0 aliphatic rings. The molecule has 10 nitrogen and oxygen atoms in total. The second kappa shape index (κ2) is 17.5. The topological polar surface area (TPSA) is 136 Å². The van der Waals surface area contributed by atoms with Gasteiger partial charge in [0.1, 0.15) is 11.5 Å². The van der Waals surface area contributed by atoms with Gasteiger partial charge < -0.3 is 9.47 Å². The number of hydrogen-bond donors (Lipinski definition) is 2. The van der Waals surface area contributed by atoms with Crippen molar-refractivity contribution in [1.82, 2.24) is 10.9 Å². The van der Waals surface area contributed by atoms with Crippen molar-refractivity contribution in [2.75, 3.05) is 0 Å². The molecule has 4 aromatic carbocycles. The van der Waals surface area contributed by atoms with Crippen LogP contribution in [0.25, 0.3) is 0 Å². The van der Waals surface area contributed by atoms with Gasteiger partial charge in [-0.2, -0.15) is 10.2 Å². The van der Waals surface area contributed by atoms with E-state index < -0.39 is 23.8 Å². The van der Waals surface area contributed by atoms with E-state index in [-0.39, 0.29) is 30.8 Å². The van der Waals surface area contributed by atoms with Crippen molar-refractivity contribution >= 4 is 91.2 Å². The average molecular weight is 803 g/mol. The van der Waals surface area contributed by atoms with Crippen LogP contribution in [-0.4, -0.2) is 36.2 Å². The Morgan fingerprint density at radius 3 is 1.38 bits per heavy atom. The number of carbonyl (C=O) groups is 4. The van der Waals surface area contributed by atoms with Gasteiger partial charge in [0.15, 0.2) is 0 Å². The van der Waals surface area contributed by atoms with Crippen LogP contribution < -0.4 is 20.3 Å². The molecular weight excluding hydrogens is 779 g/mol. The summed E-state index contributed by atoms with van der Waals surface area (Å²) in [5.41, 5.74) is 6.30. The largest absolute Gasteiger partial charge is 0.422 e. The molecule has 0 saturated heterocycles. The Bertz CT molecular complexity index is 1700. The summed E-state index contributed by atoms with van der Waals surface area (Å²) in [5.74, 6) is -1.54. The van der Waals surface area contributed by atoms with Gasteiger partial charge in [0.25, 0.3) is 0 Å².